The van der Waals surface area contributed by atoms with Crippen molar-refractivity contribution >= 4 is 5.97 Å². The Morgan fingerprint density at radius 2 is 1.86 bits per heavy atom. The number of hydrogen-bond donors (Lipinski definition) is 1. The SMILES string of the molecule is CCCCCOC(=O)C1CCC(O)(c2ccc(C)cc2)CC1. The third-order valence-electron chi connectivity index (χ3n) is 4.73. The van der Waals surface area contributed by atoms with Crippen molar-refractivity contribution in [1.29, 1.82) is 0 Å². The summed E-state index contributed by atoms with van der Waals surface area (Å²) in [5.74, 6) is -0.130. The summed E-state index contributed by atoms with van der Waals surface area (Å²) in [6.07, 6.45) is 5.85. The molecule has 1 saturated carbocycles. The first-order valence-corrected chi connectivity index (χ1v) is 8.51. The molecule has 122 valence electrons. The molecule has 1 fully saturated rings. The molecule has 1 N–H and O–H groups in total. The van der Waals surface area contributed by atoms with Gasteiger partial charge in [-0.25, -0.2) is 0 Å². The molecule has 0 amide bonds. The van der Waals surface area contributed by atoms with Gasteiger partial charge in [0.2, 0.25) is 0 Å². The van der Waals surface area contributed by atoms with Crippen molar-refractivity contribution in [2.45, 2.75) is 64.4 Å². The Morgan fingerprint density at radius 1 is 1.23 bits per heavy atom. The van der Waals surface area contributed by atoms with E-state index in [9.17, 15) is 9.90 Å². The van der Waals surface area contributed by atoms with Gasteiger partial charge in [0.05, 0.1) is 18.1 Å². The molecule has 0 atom stereocenters. The standard InChI is InChI=1S/C19H28O3/c1-3-4-5-14-22-18(20)16-10-12-19(21,13-11-16)17-8-6-15(2)7-9-17/h6-9,16,21H,3-5,10-14H2,1-2H3. The van der Waals surface area contributed by atoms with Crippen LogP contribution in [-0.2, 0) is 15.1 Å². The van der Waals surface area contributed by atoms with Crippen LogP contribution in [0.4, 0.5) is 0 Å². The number of ether oxygens (including phenoxy) is 1. The molecular formula is C19H28O3. The van der Waals surface area contributed by atoms with Crippen LogP contribution >= 0.6 is 0 Å². The van der Waals surface area contributed by atoms with Crippen molar-refractivity contribution < 1.29 is 14.6 Å². The van der Waals surface area contributed by atoms with Gasteiger partial charge in [-0.15, -0.1) is 0 Å². The highest BCUT2D eigenvalue weighted by Crippen LogP contribution is 2.39. The second-order valence-corrected chi connectivity index (χ2v) is 6.55. The number of hydrogen-bond acceptors (Lipinski definition) is 3. The third-order valence-corrected chi connectivity index (χ3v) is 4.73. The molecule has 1 aliphatic rings. The van der Waals surface area contributed by atoms with Crippen LogP contribution in [0.15, 0.2) is 24.3 Å². The smallest absolute Gasteiger partial charge is 0.308 e. The lowest BCUT2D eigenvalue weighted by Gasteiger charge is -2.35. The van der Waals surface area contributed by atoms with E-state index >= 15 is 0 Å². The van der Waals surface area contributed by atoms with Gasteiger partial charge in [-0.3, -0.25) is 4.79 Å². The minimum Gasteiger partial charge on any atom is -0.465 e. The minimum atomic E-state index is -0.785. The highest BCUT2D eigenvalue weighted by molar-refractivity contribution is 5.72. The number of carbonyl (C=O) groups is 1. The van der Waals surface area contributed by atoms with Gasteiger partial charge in [0.15, 0.2) is 0 Å². The first-order chi connectivity index (χ1) is 10.5. The third kappa shape index (κ3) is 4.33. The van der Waals surface area contributed by atoms with Gasteiger partial charge in [-0.2, -0.15) is 0 Å². The Morgan fingerprint density at radius 3 is 2.45 bits per heavy atom. The number of rotatable bonds is 6. The first-order valence-electron chi connectivity index (χ1n) is 8.51. The van der Waals surface area contributed by atoms with E-state index in [-0.39, 0.29) is 11.9 Å². The maximum Gasteiger partial charge on any atom is 0.308 e. The zero-order chi connectivity index (χ0) is 16.0. The molecular weight excluding hydrogens is 276 g/mol. The summed E-state index contributed by atoms with van der Waals surface area (Å²) in [5.41, 5.74) is 1.37. The van der Waals surface area contributed by atoms with E-state index in [1.54, 1.807) is 0 Å². The summed E-state index contributed by atoms with van der Waals surface area (Å²) in [6.45, 7) is 4.71. The van der Waals surface area contributed by atoms with Crippen LogP contribution in [0.1, 0.15) is 63.0 Å². The van der Waals surface area contributed by atoms with E-state index in [4.69, 9.17) is 4.74 Å². The van der Waals surface area contributed by atoms with E-state index < -0.39 is 5.60 Å². The van der Waals surface area contributed by atoms with Crippen molar-refractivity contribution in [1.82, 2.24) is 0 Å². The molecule has 0 bridgehead atoms. The lowest BCUT2D eigenvalue weighted by atomic mass is 9.75. The van der Waals surface area contributed by atoms with E-state index in [1.165, 1.54) is 5.56 Å². The number of carbonyl (C=O) groups excluding carboxylic acids is 1. The summed E-state index contributed by atoms with van der Waals surface area (Å²) >= 11 is 0. The molecule has 3 heteroatoms. The topological polar surface area (TPSA) is 46.5 Å². The quantitative estimate of drug-likeness (QED) is 0.635. The molecule has 22 heavy (non-hydrogen) atoms. The fraction of sp³-hybridized carbons (Fsp3) is 0.632. The van der Waals surface area contributed by atoms with Crippen molar-refractivity contribution in [3.63, 3.8) is 0 Å². The largest absolute Gasteiger partial charge is 0.465 e. The normalized spacial score (nSPS) is 25.0. The maximum atomic E-state index is 12.0. The van der Waals surface area contributed by atoms with E-state index in [0.29, 0.717) is 32.3 Å². The van der Waals surface area contributed by atoms with Gasteiger partial charge in [0.1, 0.15) is 0 Å². The molecule has 0 spiro atoms. The highest BCUT2D eigenvalue weighted by Gasteiger charge is 2.37. The van der Waals surface area contributed by atoms with Crippen LogP contribution in [0, 0.1) is 12.8 Å². The minimum absolute atomic E-state index is 0.0488. The maximum absolute atomic E-state index is 12.0. The predicted octanol–water partition coefficient (Wildman–Crippen LogP) is 4.11. The van der Waals surface area contributed by atoms with Crippen molar-refractivity contribution in [2.24, 2.45) is 5.92 Å². The fourth-order valence-electron chi connectivity index (χ4n) is 3.13. The molecule has 3 nitrogen and oxygen atoms in total. The molecule has 0 aromatic heterocycles. The van der Waals surface area contributed by atoms with Crippen LogP contribution in [0.3, 0.4) is 0 Å². The Hall–Kier alpha value is -1.35. The molecule has 0 aliphatic heterocycles. The molecule has 1 aromatic carbocycles. The van der Waals surface area contributed by atoms with Gasteiger partial charge in [-0.05, 0) is 44.6 Å². The molecule has 1 aromatic rings. The molecule has 2 rings (SSSR count). The van der Waals surface area contributed by atoms with Gasteiger partial charge in [0.25, 0.3) is 0 Å². The van der Waals surface area contributed by atoms with Gasteiger partial charge >= 0.3 is 5.97 Å². The Labute approximate surface area is 133 Å². The van der Waals surface area contributed by atoms with Crippen molar-refractivity contribution in [3.05, 3.63) is 35.4 Å². The Balaban J connectivity index is 1.84. The monoisotopic (exact) mass is 304 g/mol. The van der Waals surface area contributed by atoms with Crippen molar-refractivity contribution in [3.8, 4) is 0 Å². The van der Waals surface area contributed by atoms with Crippen LogP contribution in [-0.4, -0.2) is 17.7 Å². The van der Waals surface area contributed by atoms with E-state index in [1.807, 2.05) is 31.2 Å². The molecule has 0 heterocycles. The zero-order valence-corrected chi connectivity index (χ0v) is 13.8. The average molecular weight is 304 g/mol. The van der Waals surface area contributed by atoms with Gasteiger partial charge in [0, 0.05) is 0 Å². The lowest BCUT2D eigenvalue weighted by Crippen LogP contribution is -2.34. The molecule has 1 aliphatic carbocycles. The second kappa shape index (κ2) is 7.77. The lowest BCUT2D eigenvalue weighted by molar-refractivity contribution is -0.152. The summed E-state index contributed by atoms with van der Waals surface area (Å²) in [5, 5.41) is 10.8. The predicted molar refractivity (Wildman–Crippen MR) is 87.5 cm³/mol. The summed E-state index contributed by atoms with van der Waals surface area (Å²) in [4.78, 5) is 12.0. The van der Waals surface area contributed by atoms with Crippen LogP contribution in [0.5, 0.6) is 0 Å². The van der Waals surface area contributed by atoms with Crippen molar-refractivity contribution in [2.75, 3.05) is 6.61 Å². The number of benzene rings is 1. The van der Waals surface area contributed by atoms with E-state index in [2.05, 4.69) is 6.92 Å². The summed E-state index contributed by atoms with van der Waals surface area (Å²) < 4.78 is 5.35. The van der Waals surface area contributed by atoms with Crippen LogP contribution < -0.4 is 0 Å². The first kappa shape index (κ1) is 17.0. The van der Waals surface area contributed by atoms with Crippen LogP contribution in [0.25, 0.3) is 0 Å². The fourth-order valence-corrected chi connectivity index (χ4v) is 3.13. The Bertz CT molecular complexity index is 470. The Kier molecular flexibility index (Phi) is 6.01. The van der Waals surface area contributed by atoms with Gasteiger partial charge in [-0.1, -0.05) is 49.6 Å². The number of aryl methyl sites for hydroxylation is 1. The zero-order valence-electron chi connectivity index (χ0n) is 13.8. The average Bonchev–Trinajstić information content (AvgIpc) is 2.52. The molecule has 0 unspecified atom stereocenters. The number of esters is 1. The number of aliphatic hydroxyl groups is 1. The summed E-state index contributed by atoms with van der Waals surface area (Å²) in [6, 6.07) is 8.06. The van der Waals surface area contributed by atoms with Crippen LogP contribution in [0.2, 0.25) is 0 Å². The summed E-state index contributed by atoms with van der Waals surface area (Å²) in [7, 11) is 0. The highest BCUT2D eigenvalue weighted by atomic mass is 16.5. The van der Waals surface area contributed by atoms with E-state index in [0.717, 1.165) is 24.8 Å². The molecule has 0 radical (unpaired) electrons. The number of unbranched alkanes of at least 4 members (excludes halogenated alkanes) is 2. The molecule has 0 saturated heterocycles. The second-order valence-electron chi connectivity index (χ2n) is 6.55. The van der Waals surface area contributed by atoms with Gasteiger partial charge < -0.3 is 9.84 Å².